The van der Waals surface area contributed by atoms with E-state index < -0.39 is 0 Å². The van der Waals surface area contributed by atoms with Gasteiger partial charge in [0.2, 0.25) is 0 Å². The van der Waals surface area contributed by atoms with Crippen LogP contribution in [-0.4, -0.2) is 50.3 Å². The average Bonchev–Trinajstić information content (AvgIpc) is 2.94. The van der Waals surface area contributed by atoms with Crippen molar-refractivity contribution in [1.82, 2.24) is 10.2 Å². The van der Waals surface area contributed by atoms with E-state index in [1.807, 2.05) is 0 Å². The first-order valence-corrected chi connectivity index (χ1v) is 7.42. The molecular formula is C14H28N2O. The standard InChI is InChI=1S/C14H28N2O/c1-2-3-9-17-10-7-15-6-8-16-12-13-4-5-14(16)11-13/h13-15H,2-12H2,1H3. The molecule has 1 heterocycles. The summed E-state index contributed by atoms with van der Waals surface area (Å²) in [4.78, 5) is 2.68. The van der Waals surface area contributed by atoms with Crippen molar-refractivity contribution in [2.75, 3.05) is 39.4 Å². The maximum atomic E-state index is 5.52. The van der Waals surface area contributed by atoms with E-state index in [2.05, 4.69) is 17.1 Å². The predicted molar refractivity (Wildman–Crippen MR) is 71.3 cm³/mol. The van der Waals surface area contributed by atoms with Crippen LogP contribution in [0.4, 0.5) is 0 Å². The van der Waals surface area contributed by atoms with Crippen molar-refractivity contribution < 1.29 is 4.74 Å². The highest BCUT2D eigenvalue weighted by atomic mass is 16.5. The van der Waals surface area contributed by atoms with Crippen LogP contribution in [0.15, 0.2) is 0 Å². The molecular weight excluding hydrogens is 212 g/mol. The molecule has 0 aromatic rings. The van der Waals surface area contributed by atoms with Crippen LogP contribution in [0, 0.1) is 5.92 Å². The van der Waals surface area contributed by atoms with E-state index in [0.717, 1.165) is 38.3 Å². The number of ether oxygens (including phenoxy) is 1. The molecule has 2 rings (SSSR count). The zero-order valence-corrected chi connectivity index (χ0v) is 11.3. The number of likely N-dealkylation sites (tertiary alicyclic amines) is 1. The summed E-state index contributed by atoms with van der Waals surface area (Å²) < 4.78 is 5.52. The normalized spacial score (nSPS) is 28.1. The lowest BCUT2D eigenvalue weighted by Gasteiger charge is -2.26. The summed E-state index contributed by atoms with van der Waals surface area (Å²) in [6.07, 6.45) is 6.83. The predicted octanol–water partition coefficient (Wildman–Crippen LogP) is 1.88. The molecule has 3 nitrogen and oxygen atoms in total. The maximum absolute atomic E-state index is 5.52. The second kappa shape index (κ2) is 7.34. The largest absolute Gasteiger partial charge is 0.380 e. The third-order valence-electron chi connectivity index (χ3n) is 4.16. The number of fused-ring (bicyclic) bond motifs is 2. The van der Waals surface area contributed by atoms with Crippen molar-refractivity contribution in [3.05, 3.63) is 0 Å². The van der Waals surface area contributed by atoms with Crippen molar-refractivity contribution in [3.8, 4) is 0 Å². The van der Waals surface area contributed by atoms with E-state index in [1.165, 1.54) is 45.2 Å². The molecule has 100 valence electrons. The van der Waals surface area contributed by atoms with Crippen LogP contribution in [0.1, 0.15) is 39.0 Å². The first-order chi connectivity index (χ1) is 8.40. The van der Waals surface area contributed by atoms with Crippen LogP contribution in [0.25, 0.3) is 0 Å². The average molecular weight is 240 g/mol. The van der Waals surface area contributed by atoms with Crippen LogP contribution < -0.4 is 5.32 Å². The van der Waals surface area contributed by atoms with Crippen LogP contribution in [-0.2, 0) is 4.74 Å². The van der Waals surface area contributed by atoms with Crippen molar-refractivity contribution in [1.29, 1.82) is 0 Å². The minimum absolute atomic E-state index is 0.867. The van der Waals surface area contributed by atoms with Crippen LogP contribution in [0.3, 0.4) is 0 Å². The van der Waals surface area contributed by atoms with Gasteiger partial charge in [0.1, 0.15) is 0 Å². The molecule has 1 saturated heterocycles. The van der Waals surface area contributed by atoms with E-state index in [0.29, 0.717) is 0 Å². The smallest absolute Gasteiger partial charge is 0.0590 e. The monoisotopic (exact) mass is 240 g/mol. The zero-order chi connectivity index (χ0) is 11.9. The van der Waals surface area contributed by atoms with Gasteiger partial charge in [-0.05, 0) is 31.6 Å². The number of rotatable bonds is 9. The van der Waals surface area contributed by atoms with E-state index in [9.17, 15) is 0 Å². The summed E-state index contributed by atoms with van der Waals surface area (Å²) in [5, 5.41) is 3.48. The molecule has 0 aromatic carbocycles. The molecule has 2 bridgehead atoms. The third kappa shape index (κ3) is 4.23. The van der Waals surface area contributed by atoms with E-state index in [-0.39, 0.29) is 0 Å². The number of hydrogen-bond acceptors (Lipinski definition) is 3. The molecule has 1 N–H and O–H groups in total. The number of nitrogens with one attached hydrogen (secondary N) is 1. The molecule has 1 aliphatic carbocycles. The molecule has 3 heteroatoms. The summed E-state index contributed by atoms with van der Waals surface area (Å²) in [6, 6.07) is 0.919. The highest BCUT2D eigenvalue weighted by molar-refractivity contribution is 4.91. The fourth-order valence-corrected chi connectivity index (χ4v) is 3.14. The van der Waals surface area contributed by atoms with Gasteiger partial charge in [-0.15, -0.1) is 0 Å². The van der Waals surface area contributed by atoms with Gasteiger partial charge in [0.05, 0.1) is 6.61 Å². The molecule has 0 aromatic heterocycles. The first-order valence-electron chi connectivity index (χ1n) is 7.42. The van der Waals surface area contributed by atoms with Gasteiger partial charge < -0.3 is 10.1 Å². The summed E-state index contributed by atoms with van der Waals surface area (Å²) in [5.74, 6) is 1.03. The fourth-order valence-electron chi connectivity index (χ4n) is 3.14. The van der Waals surface area contributed by atoms with Gasteiger partial charge in [-0.2, -0.15) is 0 Å². The van der Waals surface area contributed by atoms with Gasteiger partial charge in [-0.25, -0.2) is 0 Å². The Balaban J connectivity index is 1.39. The Morgan fingerprint density at radius 3 is 2.88 bits per heavy atom. The summed E-state index contributed by atoms with van der Waals surface area (Å²) in [7, 11) is 0. The maximum Gasteiger partial charge on any atom is 0.0590 e. The number of piperidine rings is 1. The van der Waals surface area contributed by atoms with Gasteiger partial charge in [0, 0.05) is 38.8 Å². The summed E-state index contributed by atoms with van der Waals surface area (Å²) in [6.45, 7) is 8.72. The SMILES string of the molecule is CCCCOCCNCCN1CC2CCC1C2. The minimum Gasteiger partial charge on any atom is -0.380 e. The second-order valence-corrected chi connectivity index (χ2v) is 5.54. The van der Waals surface area contributed by atoms with E-state index >= 15 is 0 Å². The first kappa shape index (κ1) is 13.3. The summed E-state index contributed by atoms with van der Waals surface area (Å²) >= 11 is 0. The number of nitrogens with zero attached hydrogens (tertiary/aromatic N) is 1. The van der Waals surface area contributed by atoms with Crippen molar-refractivity contribution >= 4 is 0 Å². The highest BCUT2D eigenvalue weighted by Gasteiger charge is 2.36. The van der Waals surface area contributed by atoms with Gasteiger partial charge in [0.15, 0.2) is 0 Å². The number of hydrogen-bond donors (Lipinski definition) is 1. The van der Waals surface area contributed by atoms with Gasteiger partial charge in [0.25, 0.3) is 0 Å². The molecule has 2 fully saturated rings. The Morgan fingerprint density at radius 1 is 1.24 bits per heavy atom. The molecule has 0 spiro atoms. The van der Waals surface area contributed by atoms with Crippen LogP contribution in [0.5, 0.6) is 0 Å². The molecule has 1 saturated carbocycles. The Hall–Kier alpha value is -0.120. The van der Waals surface area contributed by atoms with E-state index in [4.69, 9.17) is 4.74 Å². The topological polar surface area (TPSA) is 24.5 Å². The molecule has 2 aliphatic rings. The molecule has 2 unspecified atom stereocenters. The summed E-state index contributed by atoms with van der Waals surface area (Å²) in [5.41, 5.74) is 0. The third-order valence-corrected chi connectivity index (χ3v) is 4.16. The van der Waals surface area contributed by atoms with Crippen LogP contribution in [0.2, 0.25) is 0 Å². The van der Waals surface area contributed by atoms with Crippen LogP contribution >= 0.6 is 0 Å². The Labute approximate surface area is 106 Å². The Bertz CT molecular complexity index is 210. The molecule has 1 aliphatic heterocycles. The lowest BCUT2D eigenvalue weighted by Crippen LogP contribution is -2.38. The molecule has 0 amide bonds. The quantitative estimate of drug-likeness (QED) is 0.623. The van der Waals surface area contributed by atoms with Crippen molar-refractivity contribution in [2.45, 2.75) is 45.1 Å². The molecule has 0 radical (unpaired) electrons. The lowest BCUT2D eigenvalue weighted by atomic mass is 10.1. The molecule has 2 atom stereocenters. The Kier molecular flexibility index (Phi) is 5.75. The fraction of sp³-hybridized carbons (Fsp3) is 1.00. The second-order valence-electron chi connectivity index (χ2n) is 5.54. The zero-order valence-electron chi connectivity index (χ0n) is 11.3. The van der Waals surface area contributed by atoms with Crippen molar-refractivity contribution in [2.24, 2.45) is 5.92 Å². The van der Waals surface area contributed by atoms with Crippen molar-refractivity contribution in [3.63, 3.8) is 0 Å². The highest BCUT2D eigenvalue weighted by Crippen LogP contribution is 2.36. The Morgan fingerprint density at radius 2 is 2.18 bits per heavy atom. The minimum atomic E-state index is 0.867. The van der Waals surface area contributed by atoms with Gasteiger partial charge in [-0.1, -0.05) is 13.3 Å². The van der Waals surface area contributed by atoms with E-state index in [1.54, 1.807) is 0 Å². The van der Waals surface area contributed by atoms with Gasteiger partial charge >= 0.3 is 0 Å². The lowest BCUT2D eigenvalue weighted by molar-refractivity contribution is 0.131. The number of unbranched alkanes of at least 4 members (excludes halogenated alkanes) is 1. The van der Waals surface area contributed by atoms with Gasteiger partial charge in [-0.3, -0.25) is 4.90 Å². The molecule has 17 heavy (non-hydrogen) atoms.